The minimum absolute atomic E-state index is 0.112. The topological polar surface area (TPSA) is 70.7 Å². The molecule has 0 bridgehead atoms. The van der Waals surface area contributed by atoms with Crippen LogP contribution < -0.4 is 10.6 Å². The molecule has 0 spiro atoms. The number of rotatable bonds is 12. The molecule has 2 aromatic carbocycles. The Labute approximate surface area is 179 Å². The lowest BCUT2D eigenvalue weighted by Gasteiger charge is -2.29. The van der Waals surface area contributed by atoms with Crippen molar-refractivity contribution in [2.24, 2.45) is 0 Å². The molecule has 0 aliphatic rings. The van der Waals surface area contributed by atoms with Gasteiger partial charge in [-0.25, -0.2) is 0 Å². The fraction of sp³-hybridized carbons (Fsp3) is 0.417. The van der Waals surface area contributed by atoms with Crippen LogP contribution in [-0.4, -0.2) is 49.6 Å². The molecule has 0 radical (unpaired) electrons. The van der Waals surface area contributed by atoms with Gasteiger partial charge in [0.1, 0.15) is 6.04 Å². The van der Waals surface area contributed by atoms with E-state index in [0.717, 1.165) is 25.1 Å². The molecular formula is C24H33N3O3. The van der Waals surface area contributed by atoms with Gasteiger partial charge in [0.25, 0.3) is 5.91 Å². The van der Waals surface area contributed by atoms with Crippen LogP contribution in [0.3, 0.4) is 0 Å². The summed E-state index contributed by atoms with van der Waals surface area (Å²) in [6.07, 6.45) is 0.763. The van der Waals surface area contributed by atoms with E-state index in [9.17, 15) is 9.59 Å². The van der Waals surface area contributed by atoms with E-state index < -0.39 is 6.04 Å². The third-order valence-corrected chi connectivity index (χ3v) is 4.89. The second-order valence-electron chi connectivity index (χ2n) is 6.91. The normalized spacial score (nSPS) is 11.9. The van der Waals surface area contributed by atoms with E-state index in [4.69, 9.17) is 4.74 Å². The molecule has 1 atom stereocenters. The van der Waals surface area contributed by atoms with Crippen molar-refractivity contribution in [3.63, 3.8) is 0 Å². The highest BCUT2D eigenvalue weighted by Crippen LogP contribution is 2.23. The zero-order valence-corrected chi connectivity index (χ0v) is 18.2. The SMILES string of the molecule is CCOCCCNC(=O)c1cccc(NC(=O)C(c2ccccc2)N(CC)CC)c1. The van der Waals surface area contributed by atoms with Crippen LogP contribution in [0.5, 0.6) is 0 Å². The molecule has 0 saturated heterocycles. The molecule has 2 amide bonds. The molecule has 0 heterocycles. The molecule has 6 nitrogen and oxygen atoms in total. The smallest absolute Gasteiger partial charge is 0.251 e. The van der Waals surface area contributed by atoms with Crippen LogP contribution in [0.4, 0.5) is 5.69 Å². The Bertz CT molecular complexity index is 791. The summed E-state index contributed by atoms with van der Waals surface area (Å²) in [6, 6.07) is 16.4. The van der Waals surface area contributed by atoms with Crippen molar-refractivity contribution in [2.75, 3.05) is 38.2 Å². The molecule has 0 saturated carbocycles. The summed E-state index contributed by atoms with van der Waals surface area (Å²) in [5, 5.41) is 5.87. The first-order valence-corrected chi connectivity index (χ1v) is 10.7. The fourth-order valence-corrected chi connectivity index (χ4v) is 3.32. The predicted molar refractivity (Wildman–Crippen MR) is 121 cm³/mol. The van der Waals surface area contributed by atoms with E-state index in [1.54, 1.807) is 24.3 Å². The van der Waals surface area contributed by atoms with E-state index in [0.29, 0.717) is 31.0 Å². The summed E-state index contributed by atoms with van der Waals surface area (Å²) in [5.41, 5.74) is 2.07. The lowest BCUT2D eigenvalue weighted by Crippen LogP contribution is -2.37. The van der Waals surface area contributed by atoms with Crippen molar-refractivity contribution in [2.45, 2.75) is 33.2 Å². The van der Waals surface area contributed by atoms with Crippen LogP contribution in [0, 0.1) is 0 Å². The number of ether oxygens (including phenoxy) is 1. The van der Waals surface area contributed by atoms with E-state index in [-0.39, 0.29) is 11.8 Å². The average Bonchev–Trinajstić information content (AvgIpc) is 2.77. The summed E-state index contributed by atoms with van der Waals surface area (Å²) in [7, 11) is 0. The van der Waals surface area contributed by atoms with E-state index in [1.165, 1.54) is 0 Å². The van der Waals surface area contributed by atoms with Crippen molar-refractivity contribution in [1.29, 1.82) is 0 Å². The summed E-state index contributed by atoms with van der Waals surface area (Å²) in [4.78, 5) is 27.7. The minimum atomic E-state index is -0.391. The van der Waals surface area contributed by atoms with E-state index in [2.05, 4.69) is 15.5 Å². The Morgan fingerprint density at radius 1 is 1.00 bits per heavy atom. The molecule has 1 unspecified atom stereocenters. The average molecular weight is 412 g/mol. The number of hydrogen-bond acceptors (Lipinski definition) is 4. The number of likely N-dealkylation sites (N-methyl/N-ethyl adjacent to an activating group) is 1. The van der Waals surface area contributed by atoms with Crippen molar-refractivity contribution in [1.82, 2.24) is 10.2 Å². The van der Waals surface area contributed by atoms with Gasteiger partial charge in [-0.15, -0.1) is 0 Å². The summed E-state index contributed by atoms with van der Waals surface area (Å²) >= 11 is 0. The van der Waals surface area contributed by atoms with Gasteiger partial charge in [-0.3, -0.25) is 14.5 Å². The summed E-state index contributed by atoms with van der Waals surface area (Å²) in [6.45, 7) is 9.40. The number of amides is 2. The first-order chi connectivity index (χ1) is 14.6. The van der Waals surface area contributed by atoms with Gasteiger partial charge in [0, 0.05) is 31.0 Å². The molecule has 2 rings (SSSR count). The van der Waals surface area contributed by atoms with Crippen LogP contribution in [-0.2, 0) is 9.53 Å². The Hall–Kier alpha value is -2.70. The molecule has 2 N–H and O–H groups in total. The largest absolute Gasteiger partial charge is 0.382 e. The van der Waals surface area contributed by atoms with Crippen LogP contribution in [0.25, 0.3) is 0 Å². The second-order valence-corrected chi connectivity index (χ2v) is 6.91. The van der Waals surface area contributed by atoms with Gasteiger partial charge in [0.15, 0.2) is 0 Å². The van der Waals surface area contributed by atoms with Gasteiger partial charge >= 0.3 is 0 Å². The van der Waals surface area contributed by atoms with E-state index in [1.807, 2.05) is 51.1 Å². The number of carbonyl (C=O) groups is 2. The Morgan fingerprint density at radius 2 is 1.73 bits per heavy atom. The highest BCUT2D eigenvalue weighted by Gasteiger charge is 2.25. The lowest BCUT2D eigenvalue weighted by molar-refractivity contribution is -0.121. The predicted octanol–water partition coefficient (Wildman–Crippen LogP) is 3.86. The number of nitrogens with zero attached hydrogens (tertiary/aromatic N) is 1. The first kappa shape index (κ1) is 23.6. The minimum Gasteiger partial charge on any atom is -0.382 e. The molecule has 2 aromatic rings. The van der Waals surface area contributed by atoms with Gasteiger partial charge in [-0.05, 0) is 50.2 Å². The zero-order chi connectivity index (χ0) is 21.8. The lowest BCUT2D eigenvalue weighted by atomic mass is 10.0. The van der Waals surface area contributed by atoms with Gasteiger partial charge in [0.2, 0.25) is 5.91 Å². The number of nitrogens with one attached hydrogen (secondary N) is 2. The standard InChI is InChI=1S/C24H33N3O3/c1-4-27(5-2)22(19-12-8-7-9-13-19)24(29)26-21-15-10-14-20(18-21)23(28)25-16-11-17-30-6-3/h7-10,12-15,18,22H,4-6,11,16-17H2,1-3H3,(H,25,28)(H,26,29). The second kappa shape index (κ2) is 12.8. The van der Waals surface area contributed by atoms with Gasteiger partial charge in [-0.2, -0.15) is 0 Å². The summed E-state index contributed by atoms with van der Waals surface area (Å²) in [5.74, 6) is -0.273. The molecule has 0 aliphatic carbocycles. The monoisotopic (exact) mass is 411 g/mol. The molecule has 162 valence electrons. The van der Waals surface area contributed by atoms with Crippen LogP contribution in [0.1, 0.15) is 49.2 Å². The number of anilines is 1. The molecule has 6 heteroatoms. The van der Waals surface area contributed by atoms with Crippen molar-refractivity contribution in [3.8, 4) is 0 Å². The zero-order valence-electron chi connectivity index (χ0n) is 18.2. The van der Waals surface area contributed by atoms with Gasteiger partial charge in [0.05, 0.1) is 0 Å². The van der Waals surface area contributed by atoms with Gasteiger partial charge in [-0.1, -0.05) is 50.2 Å². The Morgan fingerprint density at radius 3 is 2.40 bits per heavy atom. The Balaban J connectivity index is 2.07. The number of carbonyl (C=O) groups excluding carboxylic acids is 2. The molecular weight excluding hydrogens is 378 g/mol. The highest BCUT2D eigenvalue weighted by atomic mass is 16.5. The summed E-state index contributed by atoms with van der Waals surface area (Å²) < 4.78 is 5.28. The van der Waals surface area contributed by atoms with Crippen LogP contribution >= 0.6 is 0 Å². The van der Waals surface area contributed by atoms with Crippen molar-refractivity contribution in [3.05, 3.63) is 65.7 Å². The fourth-order valence-electron chi connectivity index (χ4n) is 3.32. The third-order valence-electron chi connectivity index (χ3n) is 4.89. The Kier molecular flexibility index (Phi) is 10.0. The maximum Gasteiger partial charge on any atom is 0.251 e. The van der Waals surface area contributed by atoms with Crippen molar-refractivity contribution < 1.29 is 14.3 Å². The highest BCUT2D eigenvalue weighted by molar-refractivity contribution is 5.98. The molecule has 0 aromatic heterocycles. The third kappa shape index (κ3) is 6.97. The first-order valence-electron chi connectivity index (χ1n) is 10.7. The van der Waals surface area contributed by atoms with Gasteiger partial charge < -0.3 is 15.4 Å². The number of hydrogen-bond donors (Lipinski definition) is 2. The maximum absolute atomic E-state index is 13.2. The van der Waals surface area contributed by atoms with E-state index >= 15 is 0 Å². The van der Waals surface area contributed by atoms with Crippen LogP contribution in [0.15, 0.2) is 54.6 Å². The maximum atomic E-state index is 13.2. The molecule has 0 fully saturated rings. The van der Waals surface area contributed by atoms with Crippen LogP contribution in [0.2, 0.25) is 0 Å². The molecule has 30 heavy (non-hydrogen) atoms. The number of benzene rings is 2. The quantitative estimate of drug-likeness (QED) is 0.520. The molecule has 0 aliphatic heterocycles. The van der Waals surface area contributed by atoms with Crippen molar-refractivity contribution >= 4 is 17.5 Å².